The number of hydrogen-bond donors (Lipinski definition) is 1. The zero-order valence-corrected chi connectivity index (χ0v) is 19.5. The number of rotatable bonds is 1. The number of aromatic hydroxyl groups is 1. The van der Waals surface area contributed by atoms with E-state index < -0.39 is 40.8 Å². The highest BCUT2D eigenvalue weighted by molar-refractivity contribution is 6.23. The SMILES string of the molecule is CC1=CC(=O)C2=C(C1=O)C(c1ccc(O)c(F)c1)C1=CCC3C(=O)N(C(C)(C)C)C(=O)C3C1C2. The molecule has 6 nitrogen and oxygen atoms in total. The molecule has 1 aromatic carbocycles. The molecule has 2 amide bonds. The molecule has 4 atom stereocenters. The van der Waals surface area contributed by atoms with E-state index in [1.165, 1.54) is 29.2 Å². The Morgan fingerprint density at radius 1 is 1.06 bits per heavy atom. The highest BCUT2D eigenvalue weighted by Crippen LogP contribution is 2.55. The van der Waals surface area contributed by atoms with Crippen LogP contribution in [0.2, 0.25) is 0 Å². The van der Waals surface area contributed by atoms with Crippen LogP contribution >= 0.6 is 0 Å². The first kappa shape index (κ1) is 22.4. The van der Waals surface area contributed by atoms with Crippen LogP contribution in [0.4, 0.5) is 4.39 Å². The van der Waals surface area contributed by atoms with E-state index in [-0.39, 0.29) is 29.8 Å². The van der Waals surface area contributed by atoms with Gasteiger partial charge in [-0.2, -0.15) is 0 Å². The Kier molecular flexibility index (Phi) is 4.83. The maximum absolute atomic E-state index is 14.4. The molecule has 5 rings (SSSR count). The van der Waals surface area contributed by atoms with Gasteiger partial charge in [0.25, 0.3) is 0 Å². The third-order valence-corrected chi connectivity index (χ3v) is 7.54. The molecule has 1 N–H and O–H groups in total. The highest BCUT2D eigenvalue weighted by atomic mass is 19.1. The van der Waals surface area contributed by atoms with E-state index in [1.807, 2.05) is 26.8 Å². The summed E-state index contributed by atoms with van der Waals surface area (Å²) in [6.07, 6.45) is 3.73. The number of halogens is 1. The number of likely N-dealkylation sites (tertiary alicyclic amines) is 1. The lowest BCUT2D eigenvalue weighted by Crippen LogP contribution is -2.46. The van der Waals surface area contributed by atoms with Crippen LogP contribution < -0.4 is 0 Å². The summed E-state index contributed by atoms with van der Waals surface area (Å²) in [5.74, 6) is -4.73. The molecular formula is C27H26FNO5. The predicted molar refractivity (Wildman–Crippen MR) is 121 cm³/mol. The van der Waals surface area contributed by atoms with Crippen LogP contribution in [0.25, 0.3) is 0 Å². The highest BCUT2D eigenvalue weighted by Gasteiger charge is 2.58. The molecule has 0 radical (unpaired) electrons. The number of fused-ring (bicyclic) bond motifs is 3. The number of hydrogen-bond acceptors (Lipinski definition) is 5. The number of nitrogens with zero attached hydrogens (tertiary/aromatic N) is 1. The fraction of sp³-hybridized carbons (Fsp3) is 0.407. The van der Waals surface area contributed by atoms with Gasteiger partial charge in [-0.25, -0.2) is 4.39 Å². The Morgan fingerprint density at radius 2 is 1.76 bits per heavy atom. The number of benzene rings is 1. The van der Waals surface area contributed by atoms with Crippen LogP contribution in [0.3, 0.4) is 0 Å². The number of carbonyl (C=O) groups is 4. The number of phenolic OH excluding ortho intramolecular Hbond substituents is 1. The van der Waals surface area contributed by atoms with Crippen LogP contribution in [0.5, 0.6) is 5.75 Å². The number of carbonyl (C=O) groups excluding carboxylic acids is 4. The van der Waals surface area contributed by atoms with Crippen molar-refractivity contribution >= 4 is 23.4 Å². The smallest absolute Gasteiger partial charge is 0.234 e. The monoisotopic (exact) mass is 463 g/mol. The van der Waals surface area contributed by atoms with Crippen molar-refractivity contribution in [3.8, 4) is 5.75 Å². The Bertz CT molecular complexity index is 1280. The van der Waals surface area contributed by atoms with E-state index in [2.05, 4.69) is 0 Å². The van der Waals surface area contributed by atoms with Crippen LogP contribution in [-0.4, -0.2) is 38.9 Å². The van der Waals surface area contributed by atoms with Crippen LogP contribution in [-0.2, 0) is 19.2 Å². The second-order valence-electron chi connectivity index (χ2n) is 10.6. The molecule has 0 spiro atoms. The number of Topliss-reactive ketones (excluding diaryl/α,β-unsaturated/α-hetero) is 1. The van der Waals surface area contributed by atoms with Gasteiger partial charge in [0.1, 0.15) is 0 Å². The van der Waals surface area contributed by atoms with Crippen LogP contribution in [0.1, 0.15) is 52.0 Å². The first-order valence-corrected chi connectivity index (χ1v) is 11.5. The number of ketones is 2. The van der Waals surface area contributed by atoms with Crippen molar-refractivity contribution in [1.29, 1.82) is 0 Å². The van der Waals surface area contributed by atoms with E-state index in [1.54, 1.807) is 6.92 Å². The molecule has 0 aromatic heterocycles. The van der Waals surface area contributed by atoms with E-state index in [0.29, 0.717) is 28.7 Å². The minimum Gasteiger partial charge on any atom is -0.505 e. The molecule has 1 fully saturated rings. The van der Waals surface area contributed by atoms with Crippen molar-refractivity contribution < 1.29 is 28.7 Å². The predicted octanol–water partition coefficient (Wildman–Crippen LogP) is 3.76. The summed E-state index contributed by atoms with van der Waals surface area (Å²) < 4.78 is 14.4. The Hall–Kier alpha value is -3.35. The molecule has 1 aliphatic heterocycles. The second kappa shape index (κ2) is 7.32. The molecule has 0 bridgehead atoms. The fourth-order valence-electron chi connectivity index (χ4n) is 6.10. The summed E-state index contributed by atoms with van der Waals surface area (Å²) in [7, 11) is 0. The average molecular weight is 464 g/mol. The summed E-state index contributed by atoms with van der Waals surface area (Å²) in [4.78, 5) is 54.4. The summed E-state index contributed by atoms with van der Waals surface area (Å²) in [6.45, 7) is 7.02. The van der Waals surface area contributed by atoms with Gasteiger partial charge in [-0.3, -0.25) is 24.1 Å². The minimum atomic E-state index is -0.830. The quantitative estimate of drug-likeness (QED) is 0.389. The lowest BCUT2D eigenvalue weighted by molar-refractivity contribution is -0.145. The Balaban J connectivity index is 1.69. The second-order valence-corrected chi connectivity index (χ2v) is 10.6. The molecule has 176 valence electrons. The normalized spacial score (nSPS) is 29.0. The van der Waals surface area contributed by atoms with Crippen molar-refractivity contribution in [2.75, 3.05) is 0 Å². The van der Waals surface area contributed by atoms with Gasteiger partial charge < -0.3 is 5.11 Å². The Morgan fingerprint density at radius 3 is 2.41 bits per heavy atom. The lowest BCUT2D eigenvalue weighted by atomic mass is 9.59. The molecule has 1 aromatic rings. The lowest BCUT2D eigenvalue weighted by Gasteiger charge is -2.42. The van der Waals surface area contributed by atoms with Gasteiger partial charge >= 0.3 is 0 Å². The molecule has 4 aliphatic rings. The third-order valence-electron chi connectivity index (χ3n) is 7.54. The minimum absolute atomic E-state index is 0.185. The van der Waals surface area contributed by atoms with Gasteiger partial charge in [-0.15, -0.1) is 0 Å². The third kappa shape index (κ3) is 3.06. The standard InChI is InChI=1S/C27H26FNO5/c1-12-9-20(31)17-11-16-14(6-7-15-22(16)26(34)29(25(15)33)27(2,3)4)21(23(17)24(12)32)13-5-8-19(30)18(28)10-13/h5-6,8-10,15-16,21-22,30H,7,11H2,1-4H3. The van der Waals surface area contributed by atoms with E-state index in [0.717, 1.165) is 5.57 Å². The van der Waals surface area contributed by atoms with Gasteiger partial charge in [0, 0.05) is 28.2 Å². The van der Waals surface area contributed by atoms with Gasteiger partial charge in [0.2, 0.25) is 11.8 Å². The average Bonchev–Trinajstić information content (AvgIpc) is 3.03. The first-order chi connectivity index (χ1) is 15.9. The first-order valence-electron chi connectivity index (χ1n) is 11.5. The fourth-order valence-corrected chi connectivity index (χ4v) is 6.10. The number of allylic oxidation sites excluding steroid dienone is 6. The summed E-state index contributed by atoms with van der Waals surface area (Å²) >= 11 is 0. The van der Waals surface area contributed by atoms with Crippen molar-refractivity contribution in [2.24, 2.45) is 17.8 Å². The molecule has 0 saturated carbocycles. The van der Waals surface area contributed by atoms with Gasteiger partial charge in [0.15, 0.2) is 23.1 Å². The van der Waals surface area contributed by atoms with E-state index >= 15 is 0 Å². The van der Waals surface area contributed by atoms with Crippen molar-refractivity contribution in [3.05, 3.63) is 64.0 Å². The van der Waals surface area contributed by atoms with Gasteiger partial charge in [-0.05, 0) is 70.2 Å². The largest absolute Gasteiger partial charge is 0.505 e. The van der Waals surface area contributed by atoms with Gasteiger partial charge in [0.05, 0.1) is 11.8 Å². The Labute approximate surface area is 196 Å². The molecular weight excluding hydrogens is 437 g/mol. The van der Waals surface area contributed by atoms with Crippen LogP contribution in [0.15, 0.2) is 52.6 Å². The summed E-state index contributed by atoms with van der Waals surface area (Å²) in [5.41, 5.74) is 1.45. The molecule has 1 saturated heterocycles. The van der Waals surface area contributed by atoms with Gasteiger partial charge in [-0.1, -0.05) is 17.7 Å². The summed E-state index contributed by atoms with van der Waals surface area (Å²) in [5, 5.41) is 9.72. The molecule has 3 aliphatic carbocycles. The maximum Gasteiger partial charge on any atom is 0.234 e. The number of amides is 2. The zero-order valence-electron chi connectivity index (χ0n) is 19.5. The molecule has 1 heterocycles. The van der Waals surface area contributed by atoms with Crippen molar-refractivity contribution in [3.63, 3.8) is 0 Å². The topological polar surface area (TPSA) is 91.8 Å². The number of imide groups is 1. The number of phenols is 1. The summed E-state index contributed by atoms with van der Waals surface area (Å²) in [6, 6.07) is 3.94. The zero-order chi connectivity index (χ0) is 24.7. The van der Waals surface area contributed by atoms with E-state index in [4.69, 9.17) is 0 Å². The maximum atomic E-state index is 14.4. The van der Waals surface area contributed by atoms with Crippen molar-refractivity contribution in [1.82, 2.24) is 4.90 Å². The molecule has 34 heavy (non-hydrogen) atoms. The van der Waals surface area contributed by atoms with Crippen molar-refractivity contribution in [2.45, 2.75) is 52.0 Å². The van der Waals surface area contributed by atoms with Crippen LogP contribution in [0, 0.1) is 23.6 Å². The van der Waals surface area contributed by atoms with E-state index in [9.17, 15) is 28.7 Å². The molecule has 7 heteroatoms. The molecule has 4 unspecified atom stereocenters.